The summed E-state index contributed by atoms with van der Waals surface area (Å²) in [7, 11) is 0. The monoisotopic (exact) mass is 231 g/mol. The van der Waals surface area contributed by atoms with Gasteiger partial charge in [-0.25, -0.2) is 9.37 Å². The molecular formula is C10H15ClFN3. The Morgan fingerprint density at radius 2 is 2.33 bits per heavy atom. The van der Waals surface area contributed by atoms with Crippen molar-refractivity contribution in [1.29, 1.82) is 0 Å². The third kappa shape index (κ3) is 3.32. The van der Waals surface area contributed by atoms with Crippen LogP contribution in [0, 0.1) is 5.82 Å². The number of anilines is 1. The second kappa shape index (κ2) is 5.88. The zero-order valence-electron chi connectivity index (χ0n) is 8.71. The van der Waals surface area contributed by atoms with Crippen LogP contribution < -0.4 is 10.6 Å². The quantitative estimate of drug-likeness (QED) is 0.844. The Labute approximate surface area is 94.0 Å². The van der Waals surface area contributed by atoms with Gasteiger partial charge in [-0.15, -0.1) is 0 Å². The van der Waals surface area contributed by atoms with Crippen molar-refractivity contribution in [2.45, 2.75) is 13.3 Å². The summed E-state index contributed by atoms with van der Waals surface area (Å²) >= 11 is 5.63. The lowest BCUT2D eigenvalue weighted by molar-refractivity contribution is 0.607. The standard InChI is InChI=1S/C10H15ClFN3/c1-2-15(5-3-4-13)10-9(12)6-8(11)7-14-10/h6-7H,2-5,13H2,1H3. The molecule has 1 aromatic rings. The summed E-state index contributed by atoms with van der Waals surface area (Å²) in [6, 6.07) is 1.27. The fourth-order valence-corrected chi connectivity index (χ4v) is 1.48. The third-order valence-electron chi connectivity index (χ3n) is 2.10. The fraction of sp³-hybridized carbons (Fsp3) is 0.500. The summed E-state index contributed by atoms with van der Waals surface area (Å²) in [5.74, 6) is -0.0447. The Morgan fingerprint density at radius 3 is 2.87 bits per heavy atom. The predicted octanol–water partition coefficient (Wildman–Crippen LogP) is 2.05. The molecule has 2 N–H and O–H groups in total. The van der Waals surface area contributed by atoms with Crippen LogP contribution in [0.4, 0.5) is 10.2 Å². The number of pyridine rings is 1. The molecule has 0 aliphatic heterocycles. The molecule has 5 heteroatoms. The van der Waals surface area contributed by atoms with E-state index in [0.29, 0.717) is 30.5 Å². The van der Waals surface area contributed by atoms with Gasteiger partial charge in [-0.1, -0.05) is 11.6 Å². The van der Waals surface area contributed by atoms with E-state index < -0.39 is 0 Å². The Morgan fingerprint density at radius 1 is 1.60 bits per heavy atom. The molecule has 0 fully saturated rings. The first-order valence-corrected chi connectivity index (χ1v) is 5.33. The van der Waals surface area contributed by atoms with Crippen LogP contribution >= 0.6 is 11.6 Å². The molecule has 0 aliphatic carbocycles. The highest BCUT2D eigenvalue weighted by atomic mass is 35.5. The Kier molecular flexibility index (Phi) is 4.78. The Balaban J connectivity index is 2.81. The topological polar surface area (TPSA) is 42.1 Å². The van der Waals surface area contributed by atoms with Gasteiger partial charge in [0.25, 0.3) is 0 Å². The van der Waals surface area contributed by atoms with E-state index in [1.54, 1.807) is 0 Å². The maximum Gasteiger partial charge on any atom is 0.167 e. The van der Waals surface area contributed by atoms with Gasteiger partial charge in [-0.3, -0.25) is 0 Å². The lowest BCUT2D eigenvalue weighted by Crippen LogP contribution is -2.27. The molecule has 0 saturated carbocycles. The highest BCUT2D eigenvalue weighted by Crippen LogP contribution is 2.19. The molecule has 0 aliphatic rings. The number of aromatic nitrogens is 1. The van der Waals surface area contributed by atoms with E-state index in [9.17, 15) is 4.39 Å². The van der Waals surface area contributed by atoms with Gasteiger partial charge in [0.2, 0.25) is 0 Å². The van der Waals surface area contributed by atoms with Crippen molar-refractivity contribution in [3.05, 3.63) is 23.1 Å². The maximum atomic E-state index is 13.5. The summed E-state index contributed by atoms with van der Waals surface area (Å²) in [5, 5.41) is 0.311. The van der Waals surface area contributed by atoms with Crippen LogP contribution in [0.3, 0.4) is 0 Å². The highest BCUT2D eigenvalue weighted by molar-refractivity contribution is 6.30. The van der Waals surface area contributed by atoms with Crippen LogP contribution in [0.2, 0.25) is 5.02 Å². The van der Waals surface area contributed by atoms with Crippen LogP contribution in [0.25, 0.3) is 0 Å². The highest BCUT2D eigenvalue weighted by Gasteiger charge is 2.11. The summed E-state index contributed by atoms with van der Waals surface area (Å²) in [6.07, 6.45) is 2.27. The molecular weight excluding hydrogens is 217 g/mol. The first kappa shape index (κ1) is 12.2. The Bertz CT molecular complexity index is 320. The molecule has 0 unspecified atom stereocenters. The summed E-state index contributed by atoms with van der Waals surface area (Å²) < 4.78 is 13.5. The van der Waals surface area contributed by atoms with Gasteiger partial charge in [-0.2, -0.15) is 0 Å². The van der Waals surface area contributed by atoms with E-state index in [2.05, 4.69) is 4.98 Å². The van der Waals surface area contributed by atoms with Crippen molar-refractivity contribution in [2.75, 3.05) is 24.5 Å². The number of nitrogens with zero attached hydrogens (tertiary/aromatic N) is 2. The second-order valence-electron chi connectivity index (χ2n) is 3.18. The molecule has 0 radical (unpaired) electrons. The molecule has 15 heavy (non-hydrogen) atoms. The van der Waals surface area contributed by atoms with Crippen molar-refractivity contribution in [3.8, 4) is 0 Å². The normalized spacial score (nSPS) is 10.4. The first-order chi connectivity index (χ1) is 7.19. The molecule has 0 saturated heterocycles. The maximum absolute atomic E-state index is 13.5. The summed E-state index contributed by atoms with van der Waals surface area (Å²) in [4.78, 5) is 5.83. The van der Waals surface area contributed by atoms with Crippen LogP contribution in [0.15, 0.2) is 12.3 Å². The molecule has 0 aromatic carbocycles. The Hall–Kier alpha value is -0.870. The number of rotatable bonds is 5. The average Bonchev–Trinajstić information content (AvgIpc) is 2.21. The van der Waals surface area contributed by atoms with Crippen LogP contribution in [0.1, 0.15) is 13.3 Å². The minimum atomic E-state index is -0.388. The molecule has 1 heterocycles. The van der Waals surface area contributed by atoms with Gasteiger partial charge in [0.1, 0.15) is 0 Å². The average molecular weight is 232 g/mol. The largest absolute Gasteiger partial charge is 0.354 e. The third-order valence-corrected chi connectivity index (χ3v) is 2.31. The lowest BCUT2D eigenvalue weighted by atomic mass is 10.3. The van der Waals surface area contributed by atoms with Crippen molar-refractivity contribution in [3.63, 3.8) is 0 Å². The van der Waals surface area contributed by atoms with E-state index in [0.717, 1.165) is 6.42 Å². The number of hydrogen-bond acceptors (Lipinski definition) is 3. The minimum absolute atomic E-state index is 0.311. The fourth-order valence-electron chi connectivity index (χ4n) is 1.34. The minimum Gasteiger partial charge on any atom is -0.354 e. The van der Waals surface area contributed by atoms with Crippen molar-refractivity contribution in [2.24, 2.45) is 5.73 Å². The van der Waals surface area contributed by atoms with Gasteiger partial charge < -0.3 is 10.6 Å². The molecule has 0 spiro atoms. The molecule has 84 valence electrons. The molecule has 0 bridgehead atoms. The van der Waals surface area contributed by atoms with Gasteiger partial charge in [0.05, 0.1) is 5.02 Å². The zero-order chi connectivity index (χ0) is 11.3. The van der Waals surface area contributed by atoms with E-state index >= 15 is 0 Å². The summed E-state index contributed by atoms with van der Waals surface area (Å²) in [5.41, 5.74) is 5.41. The zero-order valence-corrected chi connectivity index (χ0v) is 9.47. The second-order valence-corrected chi connectivity index (χ2v) is 3.62. The molecule has 0 atom stereocenters. The van der Waals surface area contributed by atoms with Crippen LogP contribution in [-0.4, -0.2) is 24.6 Å². The van der Waals surface area contributed by atoms with Gasteiger partial charge >= 0.3 is 0 Å². The smallest absolute Gasteiger partial charge is 0.167 e. The van der Waals surface area contributed by atoms with E-state index in [-0.39, 0.29) is 5.82 Å². The molecule has 0 amide bonds. The van der Waals surface area contributed by atoms with Crippen molar-refractivity contribution < 1.29 is 4.39 Å². The van der Waals surface area contributed by atoms with E-state index in [1.807, 2.05) is 11.8 Å². The SMILES string of the molecule is CCN(CCCN)c1ncc(Cl)cc1F. The van der Waals surface area contributed by atoms with Gasteiger partial charge in [0.15, 0.2) is 11.6 Å². The first-order valence-electron chi connectivity index (χ1n) is 4.95. The van der Waals surface area contributed by atoms with Crippen molar-refractivity contribution >= 4 is 17.4 Å². The number of nitrogens with two attached hydrogens (primary N) is 1. The van der Waals surface area contributed by atoms with Crippen LogP contribution in [0.5, 0.6) is 0 Å². The lowest BCUT2D eigenvalue weighted by Gasteiger charge is -2.21. The van der Waals surface area contributed by atoms with E-state index in [1.165, 1.54) is 12.3 Å². The van der Waals surface area contributed by atoms with E-state index in [4.69, 9.17) is 17.3 Å². The van der Waals surface area contributed by atoms with Crippen LogP contribution in [-0.2, 0) is 0 Å². The molecule has 1 rings (SSSR count). The van der Waals surface area contributed by atoms with Crippen molar-refractivity contribution in [1.82, 2.24) is 4.98 Å². The molecule has 3 nitrogen and oxygen atoms in total. The number of hydrogen-bond donors (Lipinski definition) is 1. The molecule has 1 aromatic heterocycles. The summed E-state index contributed by atoms with van der Waals surface area (Å²) in [6.45, 7) is 3.95. The van der Waals surface area contributed by atoms with Gasteiger partial charge in [-0.05, 0) is 26.0 Å². The number of halogens is 2. The van der Waals surface area contributed by atoms with Gasteiger partial charge in [0, 0.05) is 19.3 Å². The predicted molar refractivity (Wildman–Crippen MR) is 60.8 cm³/mol.